The van der Waals surface area contributed by atoms with Gasteiger partial charge in [0, 0.05) is 11.6 Å². The van der Waals surface area contributed by atoms with Crippen molar-refractivity contribution in [2.45, 2.75) is 44.6 Å². The van der Waals surface area contributed by atoms with Crippen LogP contribution in [0.15, 0.2) is 18.2 Å². The van der Waals surface area contributed by atoms with Crippen LogP contribution in [0.3, 0.4) is 0 Å². The molecule has 0 saturated heterocycles. The summed E-state index contributed by atoms with van der Waals surface area (Å²) in [5.74, 6) is 0.513. The van der Waals surface area contributed by atoms with Crippen molar-refractivity contribution < 1.29 is 9.53 Å². The Hall–Kier alpha value is -1.71. The number of ether oxygens (including phenoxy) is 1. The molecule has 0 spiro atoms. The summed E-state index contributed by atoms with van der Waals surface area (Å²) in [5, 5.41) is 3.11. The Kier molecular flexibility index (Phi) is 4.66. The first-order valence-corrected chi connectivity index (χ1v) is 6.95. The van der Waals surface area contributed by atoms with E-state index in [-0.39, 0.29) is 5.91 Å². The lowest BCUT2D eigenvalue weighted by Gasteiger charge is -2.16. The molecule has 0 radical (unpaired) electrons. The van der Waals surface area contributed by atoms with Crippen molar-refractivity contribution in [2.75, 3.05) is 12.8 Å². The van der Waals surface area contributed by atoms with Crippen LogP contribution in [0.2, 0.25) is 0 Å². The van der Waals surface area contributed by atoms with Gasteiger partial charge in [-0.25, -0.2) is 0 Å². The zero-order valence-corrected chi connectivity index (χ0v) is 11.4. The van der Waals surface area contributed by atoms with E-state index in [0.29, 0.717) is 23.0 Å². The summed E-state index contributed by atoms with van der Waals surface area (Å²) in [6, 6.07) is 5.45. The second-order valence-corrected chi connectivity index (χ2v) is 5.12. The maximum Gasteiger partial charge on any atom is 0.251 e. The largest absolute Gasteiger partial charge is 0.495 e. The van der Waals surface area contributed by atoms with E-state index in [2.05, 4.69) is 5.32 Å². The first kappa shape index (κ1) is 13.7. The van der Waals surface area contributed by atoms with Crippen LogP contribution in [0.5, 0.6) is 5.75 Å². The fourth-order valence-electron chi connectivity index (χ4n) is 2.54. The normalized spacial score (nSPS) is 16.7. The van der Waals surface area contributed by atoms with Crippen LogP contribution in [0, 0.1) is 0 Å². The lowest BCUT2D eigenvalue weighted by molar-refractivity contribution is 0.0933. The smallest absolute Gasteiger partial charge is 0.251 e. The standard InChI is InChI=1S/C15H22N2O2/c1-19-14-10-11(8-9-13(14)16)15(18)17-12-6-4-2-3-5-7-12/h8-10,12H,2-7,16H2,1H3,(H,17,18). The summed E-state index contributed by atoms with van der Waals surface area (Å²) in [7, 11) is 1.55. The zero-order chi connectivity index (χ0) is 13.7. The molecule has 0 aliphatic heterocycles. The average molecular weight is 262 g/mol. The minimum Gasteiger partial charge on any atom is -0.495 e. The van der Waals surface area contributed by atoms with Gasteiger partial charge in [0.15, 0.2) is 0 Å². The molecule has 1 aromatic carbocycles. The predicted molar refractivity (Wildman–Crippen MR) is 76.4 cm³/mol. The SMILES string of the molecule is COc1cc(C(=O)NC2CCCCCC2)ccc1N. The van der Waals surface area contributed by atoms with Crippen molar-refractivity contribution in [1.82, 2.24) is 5.32 Å². The molecule has 0 aromatic heterocycles. The minimum atomic E-state index is -0.0369. The van der Waals surface area contributed by atoms with Crippen LogP contribution in [0.1, 0.15) is 48.9 Å². The fraction of sp³-hybridized carbons (Fsp3) is 0.533. The topological polar surface area (TPSA) is 64.3 Å². The van der Waals surface area contributed by atoms with Gasteiger partial charge in [-0.2, -0.15) is 0 Å². The minimum absolute atomic E-state index is 0.0369. The number of benzene rings is 1. The molecular weight excluding hydrogens is 240 g/mol. The molecule has 1 aromatic rings. The van der Waals surface area contributed by atoms with Gasteiger partial charge in [0.05, 0.1) is 12.8 Å². The van der Waals surface area contributed by atoms with Crippen LogP contribution in [0.4, 0.5) is 5.69 Å². The molecule has 19 heavy (non-hydrogen) atoms. The molecule has 0 atom stereocenters. The summed E-state index contributed by atoms with van der Waals surface area (Å²) in [6.45, 7) is 0. The van der Waals surface area contributed by atoms with Crippen molar-refractivity contribution in [2.24, 2.45) is 0 Å². The Bertz CT molecular complexity index is 438. The Balaban J connectivity index is 2.02. The van der Waals surface area contributed by atoms with Crippen molar-refractivity contribution in [3.05, 3.63) is 23.8 Å². The van der Waals surface area contributed by atoms with E-state index in [4.69, 9.17) is 10.5 Å². The molecule has 3 N–H and O–H groups in total. The third kappa shape index (κ3) is 3.63. The van der Waals surface area contributed by atoms with Crippen LogP contribution in [-0.4, -0.2) is 19.1 Å². The molecule has 1 fully saturated rings. The van der Waals surface area contributed by atoms with Crippen LogP contribution in [0.25, 0.3) is 0 Å². The number of rotatable bonds is 3. The third-order valence-electron chi connectivity index (χ3n) is 3.69. The molecule has 4 nitrogen and oxygen atoms in total. The second kappa shape index (κ2) is 6.45. The van der Waals surface area contributed by atoms with E-state index in [1.807, 2.05) is 0 Å². The number of anilines is 1. The van der Waals surface area contributed by atoms with E-state index in [9.17, 15) is 4.79 Å². The van der Waals surface area contributed by atoms with Crippen LogP contribution in [-0.2, 0) is 0 Å². The maximum absolute atomic E-state index is 12.2. The van der Waals surface area contributed by atoms with Gasteiger partial charge in [-0.1, -0.05) is 25.7 Å². The van der Waals surface area contributed by atoms with Gasteiger partial charge in [0.1, 0.15) is 5.75 Å². The van der Waals surface area contributed by atoms with E-state index < -0.39 is 0 Å². The van der Waals surface area contributed by atoms with Gasteiger partial charge in [0.2, 0.25) is 0 Å². The maximum atomic E-state index is 12.2. The molecule has 104 valence electrons. The monoisotopic (exact) mass is 262 g/mol. The van der Waals surface area contributed by atoms with Crippen molar-refractivity contribution in [3.8, 4) is 5.75 Å². The van der Waals surface area contributed by atoms with E-state index in [0.717, 1.165) is 12.8 Å². The lowest BCUT2D eigenvalue weighted by atomic mass is 10.1. The Morgan fingerprint density at radius 1 is 1.26 bits per heavy atom. The molecule has 1 saturated carbocycles. The average Bonchev–Trinajstić information content (AvgIpc) is 2.68. The molecule has 1 amide bonds. The molecule has 4 heteroatoms. The Morgan fingerprint density at radius 2 is 1.95 bits per heavy atom. The number of carbonyl (C=O) groups excluding carboxylic acids is 1. The van der Waals surface area contributed by atoms with Crippen LogP contribution >= 0.6 is 0 Å². The van der Waals surface area contributed by atoms with Crippen molar-refractivity contribution in [3.63, 3.8) is 0 Å². The summed E-state index contributed by atoms with van der Waals surface area (Å²) in [5.41, 5.74) is 6.90. The van der Waals surface area contributed by atoms with E-state index >= 15 is 0 Å². The highest BCUT2D eigenvalue weighted by molar-refractivity contribution is 5.95. The van der Waals surface area contributed by atoms with Gasteiger partial charge in [0.25, 0.3) is 5.91 Å². The predicted octanol–water partition coefficient (Wildman–Crippen LogP) is 2.73. The van der Waals surface area contributed by atoms with Gasteiger partial charge in [-0.15, -0.1) is 0 Å². The molecular formula is C15H22N2O2. The first-order valence-electron chi connectivity index (χ1n) is 6.95. The first-order chi connectivity index (χ1) is 9.20. The number of nitrogen functional groups attached to an aromatic ring is 1. The highest BCUT2D eigenvalue weighted by Gasteiger charge is 2.16. The Morgan fingerprint density at radius 3 is 2.58 bits per heavy atom. The summed E-state index contributed by atoms with van der Waals surface area (Å²) >= 11 is 0. The second-order valence-electron chi connectivity index (χ2n) is 5.12. The number of carbonyl (C=O) groups is 1. The molecule has 0 heterocycles. The molecule has 1 aliphatic rings. The third-order valence-corrected chi connectivity index (χ3v) is 3.69. The number of nitrogens with two attached hydrogens (primary N) is 1. The lowest BCUT2D eigenvalue weighted by Crippen LogP contribution is -2.34. The molecule has 0 bridgehead atoms. The number of amides is 1. The number of methoxy groups -OCH3 is 1. The highest BCUT2D eigenvalue weighted by atomic mass is 16.5. The summed E-state index contributed by atoms with van der Waals surface area (Å²) < 4.78 is 5.14. The molecule has 1 aliphatic carbocycles. The zero-order valence-electron chi connectivity index (χ0n) is 11.4. The fourth-order valence-corrected chi connectivity index (χ4v) is 2.54. The van der Waals surface area contributed by atoms with E-state index in [1.165, 1.54) is 25.7 Å². The summed E-state index contributed by atoms with van der Waals surface area (Å²) in [6.07, 6.45) is 7.13. The molecule has 2 rings (SSSR count). The van der Waals surface area contributed by atoms with Crippen molar-refractivity contribution in [1.29, 1.82) is 0 Å². The highest BCUT2D eigenvalue weighted by Crippen LogP contribution is 2.23. The Labute approximate surface area is 114 Å². The van der Waals surface area contributed by atoms with Gasteiger partial charge in [-0.05, 0) is 31.0 Å². The van der Waals surface area contributed by atoms with E-state index in [1.54, 1.807) is 25.3 Å². The number of nitrogens with one attached hydrogen (secondary N) is 1. The summed E-state index contributed by atoms with van der Waals surface area (Å²) in [4.78, 5) is 12.2. The van der Waals surface area contributed by atoms with Crippen molar-refractivity contribution >= 4 is 11.6 Å². The molecule has 0 unspecified atom stereocenters. The number of hydrogen-bond donors (Lipinski definition) is 2. The van der Waals surface area contributed by atoms with Gasteiger partial charge in [-0.3, -0.25) is 4.79 Å². The van der Waals surface area contributed by atoms with Crippen LogP contribution < -0.4 is 15.8 Å². The quantitative estimate of drug-likeness (QED) is 0.650. The van der Waals surface area contributed by atoms with Gasteiger partial charge >= 0.3 is 0 Å². The van der Waals surface area contributed by atoms with Gasteiger partial charge < -0.3 is 15.8 Å². The number of hydrogen-bond acceptors (Lipinski definition) is 3.